The van der Waals surface area contributed by atoms with Crippen LogP contribution in [0.1, 0.15) is 12.0 Å². The number of para-hydroxylation sites is 1. The molecule has 26 heavy (non-hydrogen) atoms. The van der Waals surface area contributed by atoms with Gasteiger partial charge in [-0.3, -0.25) is 9.59 Å². The monoisotopic (exact) mass is 365 g/mol. The Morgan fingerprint density at radius 1 is 1.15 bits per heavy atom. The van der Waals surface area contributed by atoms with Gasteiger partial charge in [0.05, 0.1) is 16.1 Å². The van der Waals surface area contributed by atoms with E-state index in [1.165, 1.54) is 11.3 Å². The Balaban J connectivity index is 1.53. The Morgan fingerprint density at radius 3 is 2.65 bits per heavy atom. The Morgan fingerprint density at radius 2 is 1.88 bits per heavy atom. The molecule has 0 radical (unpaired) electrons. The van der Waals surface area contributed by atoms with E-state index < -0.39 is 0 Å². The highest BCUT2D eigenvalue weighted by atomic mass is 32.1. The summed E-state index contributed by atoms with van der Waals surface area (Å²) in [7, 11) is 1.91. The molecular formula is C20H19N3O2S. The van der Waals surface area contributed by atoms with Gasteiger partial charge in [0, 0.05) is 26.6 Å². The Bertz CT molecular complexity index is 1040. The minimum Gasteiger partial charge on any atom is -0.338 e. The lowest BCUT2D eigenvalue weighted by atomic mass is 10.1. The third-order valence-corrected chi connectivity index (χ3v) is 5.81. The van der Waals surface area contributed by atoms with Crippen molar-refractivity contribution in [2.45, 2.75) is 13.0 Å². The van der Waals surface area contributed by atoms with Crippen molar-refractivity contribution in [1.82, 2.24) is 9.47 Å². The quantitative estimate of drug-likeness (QED) is 0.717. The van der Waals surface area contributed by atoms with Crippen LogP contribution in [0.3, 0.4) is 0 Å². The van der Waals surface area contributed by atoms with Crippen LogP contribution in [0.15, 0.2) is 59.6 Å². The zero-order chi connectivity index (χ0) is 18.1. The van der Waals surface area contributed by atoms with Gasteiger partial charge in [0.25, 0.3) is 5.91 Å². The number of rotatable bonds is 3. The Kier molecular flexibility index (Phi) is 4.42. The predicted molar refractivity (Wildman–Crippen MR) is 101 cm³/mol. The molecule has 0 bridgehead atoms. The van der Waals surface area contributed by atoms with E-state index in [1.807, 2.05) is 66.2 Å². The molecule has 2 aromatic carbocycles. The van der Waals surface area contributed by atoms with Gasteiger partial charge in [0.2, 0.25) is 5.91 Å². The number of thiazole rings is 1. The van der Waals surface area contributed by atoms with Crippen LogP contribution in [0, 0.1) is 5.92 Å². The molecule has 6 heteroatoms. The first-order chi connectivity index (χ1) is 12.6. The summed E-state index contributed by atoms with van der Waals surface area (Å²) in [5, 5.41) is 0. The number of benzene rings is 2. The molecule has 0 saturated carbocycles. The summed E-state index contributed by atoms with van der Waals surface area (Å²) in [6, 6.07) is 17.8. The van der Waals surface area contributed by atoms with Gasteiger partial charge in [0.1, 0.15) is 0 Å². The summed E-state index contributed by atoms with van der Waals surface area (Å²) in [6.07, 6.45) is 0.240. The lowest BCUT2D eigenvalue weighted by Crippen LogP contribution is -2.26. The summed E-state index contributed by atoms with van der Waals surface area (Å²) in [4.78, 5) is 31.7. The lowest BCUT2D eigenvalue weighted by Gasteiger charge is -2.15. The van der Waals surface area contributed by atoms with Crippen LogP contribution in [0.5, 0.6) is 0 Å². The topological polar surface area (TPSA) is 54.7 Å². The van der Waals surface area contributed by atoms with Crippen LogP contribution in [0.4, 0.5) is 0 Å². The highest BCUT2D eigenvalue weighted by molar-refractivity contribution is 7.16. The van der Waals surface area contributed by atoms with Gasteiger partial charge in [0.15, 0.2) is 4.80 Å². The molecular weight excluding hydrogens is 346 g/mol. The first-order valence-electron chi connectivity index (χ1n) is 8.56. The van der Waals surface area contributed by atoms with Gasteiger partial charge in [-0.1, -0.05) is 53.8 Å². The number of aromatic nitrogens is 1. The zero-order valence-corrected chi connectivity index (χ0v) is 15.3. The smallest absolute Gasteiger partial charge is 0.253 e. The fourth-order valence-electron chi connectivity index (χ4n) is 3.27. The average Bonchev–Trinajstić information content (AvgIpc) is 3.17. The second-order valence-electron chi connectivity index (χ2n) is 6.52. The number of nitrogens with zero attached hydrogens (tertiary/aromatic N) is 3. The van der Waals surface area contributed by atoms with E-state index in [4.69, 9.17) is 0 Å². The largest absolute Gasteiger partial charge is 0.338 e. The lowest BCUT2D eigenvalue weighted by molar-refractivity contribution is -0.128. The van der Waals surface area contributed by atoms with Crippen molar-refractivity contribution in [1.29, 1.82) is 0 Å². The summed E-state index contributed by atoms with van der Waals surface area (Å²) < 4.78 is 3.02. The molecule has 2 amide bonds. The van der Waals surface area contributed by atoms with Crippen molar-refractivity contribution in [3.8, 4) is 0 Å². The van der Waals surface area contributed by atoms with E-state index in [1.54, 1.807) is 4.90 Å². The van der Waals surface area contributed by atoms with E-state index in [-0.39, 0.29) is 24.2 Å². The van der Waals surface area contributed by atoms with Gasteiger partial charge >= 0.3 is 0 Å². The zero-order valence-electron chi connectivity index (χ0n) is 14.5. The molecule has 0 aliphatic carbocycles. The molecule has 3 aromatic rings. The molecule has 1 atom stereocenters. The van der Waals surface area contributed by atoms with Crippen molar-refractivity contribution >= 4 is 33.4 Å². The molecule has 1 saturated heterocycles. The number of hydrogen-bond acceptors (Lipinski definition) is 3. The number of fused-ring (bicyclic) bond motifs is 1. The number of aryl methyl sites for hydroxylation is 1. The summed E-state index contributed by atoms with van der Waals surface area (Å²) >= 11 is 1.49. The van der Waals surface area contributed by atoms with Crippen LogP contribution in [0.25, 0.3) is 10.2 Å². The van der Waals surface area contributed by atoms with Crippen molar-refractivity contribution < 1.29 is 9.59 Å². The normalized spacial score (nSPS) is 18.0. The van der Waals surface area contributed by atoms with Crippen LogP contribution >= 0.6 is 11.3 Å². The predicted octanol–water partition coefficient (Wildman–Crippen LogP) is 2.72. The fourth-order valence-corrected chi connectivity index (χ4v) is 4.29. The number of hydrogen-bond donors (Lipinski definition) is 0. The molecule has 0 unspecified atom stereocenters. The van der Waals surface area contributed by atoms with Crippen molar-refractivity contribution in [3.63, 3.8) is 0 Å². The first kappa shape index (κ1) is 16.7. The molecule has 132 valence electrons. The highest BCUT2D eigenvalue weighted by Gasteiger charge is 2.34. The summed E-state index contributed by atoms with van der Waals surface area (Å²) in [5.74, 6) is -0.560. The maximum atomic E-state index is 12.6. The SMILES string of the molecule is Cn1c(=NC(=O)[C@@H]2CC(=O)N(Cc3ccccc3)C2)sc2ccccc21. The molecule has 0 N–H and O–H groups in total. The van der Waals surface area contributed by atoms with Crippen molar-refractivity contribution in [2.24, 2.45) is 18.0 Å². The first-order valence-corrected chi connectivity index (χ1v) is 9.38. The van der Waals surface area contributed by atoms with E-state index in [2.05, 4.69) is 4.99 Å². The van der Waals surface area contributed by atoms with Gasteiger partial charge in [-0.05, 0) is 17.7 Å². The second-order valence-corrected chi connectivity index (χ2v) is 7.53. The second kappa shape index (κ2) is 6.88. The van der Waals surface area contributed by atoms with Gasteiger partial charge in [-0.15, -0.1) is 0 Å². The molecule has 1 aliphatic rings. The van der Waals surface area contributed by atoms with E-state index in [0.717, 1.165) is 15.8 Å². The number of carbonyl (C=O) groups excluding carboxylic acids is 2. The molecule has 4 rings (SSSR count). The van der Waals surface area contributed by atoms with E-state index in [9.17, 15) is 9.59 Å². The van der Waals surface area contributed by atoms with Crippen LogP contribution in [0.2, 0.25) is 0 Å². The highest BCUT2D eigenvalue weighted by Crippen LogP contribution is 2.22. The minimum absolute atomic E-state index is 0.0168. The number of amides is 2. The standard InChI is InChI=1S/C20H19N3O2S/c1-22-16-9-5-6-10-17(16)26-20(22)21-19(25)15-11-18(24)23(13-15)12-14-7-3-2-4-8-14/h2-10,15H,11-13H2,1H3/t15-/m1/s1. The minimum atomic E-state index is -0.364. The number of carbonyl (C=O) groups is 2. The molecule has 1 aromatic heterocycles. The maximum Gasteiger partial charge on any atom is 0.253 e. The van der Waals surface area contributed by atoms with Crippen LogP contribution in [-0.2, 0) is 23.2 Å². The Hall–Kier alpha value is -2.73. The van der Waals surface area contributed by atoms with Gasteiger partial charge in [-0.2, -0.15) is 4.99 Å². The molecule has 0 spiro atoms. The van der Waals surface area contributed by atoms with Crippen molar-refractivity contribution in [3.05, 3.63) is 65.0 Å². The third kappa shape index (κ3) is 3.20. The molecule has 1 aliphatic heterocycles. The molecule has 2 heterocycles. The summed E-state index contributed by atoms with van der Waals surface area (Å²) in [5.41, 5.74) is 2.12. The molecule has 5 nitrogen and oxygen atoms in total. The number of likely N-dealkylation sites (tertiary alicyclic amines) is 1. The van der Waals surface area contributed by atoms with E-state index in [0.29, 0.717) is 17.9 Å². The molecule has 1 fully saturated rings. The van der Waals surface area contributed by atoms with E-state index >= 15 is 0 Å². The maximum absolute atomic E-state index is 12.6. The summed E-state index contributed by atoms with van der Waals surface area (Å²) in [6.45, 7) is 0.977. The van der Waals surface area contributed by atoms with Crippen LogP contribution in [-0.4, -0.2) is 27.8 Å². The van der Waals surface area contributed by atoms with Gasteiger partial charge in [-0.25, -0.2) is 0 Å². The van der Waals surface area contributed by atoms with Gasteiger partial charge < -0.3 is 9.47 Å². The fraction of sp³-hybridized carbons (Fsp3) is 0.250. The third-order valence-electron chi connectivity index (χ3n) is 4.70. The Labute approximate surface area is 155 Å². The van der Waals surface area contributed by atoms with Crippen molar-refractivity contribution in [2.75, 3.05) is 6.54 Å². The van der Waals surface area contributed by atoms with Crippen LogP contribution < -0.4 is 4.80 Å². The average molecular weight is 365 g/mol.